The van der Waals surface area contributed by atoms with Crippen molar-refractivity contribution in [2.75, 3.05) is 0 Å². The highest BCUT2D eigenvalue weighted by molar-refractivity contribution is 6.09. The molecular weight excluding hydrogens is 240 g/mol. The van der Waals surface area contributed by atoms with E-state index in [1.54, 1.807) is 11.1 Å². The van der Waals surface area contributed by atoms with Crippen LogP contribution in [0.5, 0.6) is 0 Å². The van der Waals surface area contributed by atoms with Crippen LogP contribution in [0.25, 0.3) is 21.5 Å². The van der Waals surface area contributed by atoms with E-state index in [4.69, 9.17) is 0 Å². The van der Waals surface area contributed by atoms with E-state index < -0.39 is 0 Å². The van der Waals surface area contributed by atoms with E-state index in [-0.39, 0.29) is 0 Å². The molecule has 0 saturated heterocycles. The Morgan fingerprint density at radius 3 is 2.50 bits per heavy atom. The van der Waals surface area contributed by atoms with Gasteiger partial charge in [0.25, 0.3) is 0 Å². The number of fused-ring (bicyclic) bond motifs is 5. The minimum atomic E-state index is 1.11. The van der Waals surface area contributed by atoms with Crippen LogP contribution < -0.4 is 0 Å². The van der Waals surface area contributed by atoms with Crippen molar-refractivity contribution in [1.82, 2.24) is 0 Å². The van der Waals surface area contributed by atoms with Gasteiger partial charge in [-0.25, -0.2) is 0 Å². The minimum absolute atomic E-state index is 1.11. The van der Waals surface area contributed by atoms with Crippen LogP contribution in [0.1, 0.15) is 36.5 Å². The zero-order valence-corrected chi connectivity index (χ0v) is 12.1. The zero-order chi connectivity index (χ0) is 13.5. The first-order valence-electron chi connectivity index (χ1n) is 7.83. The van der Waals surface area contributed by atoms with Crippen molar-refractivity contribution in [3.05, 3.63) is 59.2 Å². The number of rotatable bonds is 1. The summed E-state index contributed by atoms with van der Waals surface area (Å²) < 4.78 is 0. The molecule has 1 aliphatic carbocycles. The van der Waals surface area contributed by atoms with Gasteiger partial charge in [0.2, 0.25) is 0 Å². The van der Waals surface area contributed by atoms with Gasteiger partial charge in [-0.1, -0.05) is 49.4 Å². The number of hydrogen-bond acceptors (Lipinski definition) is 0. The quantitative estimate of drug-likeness (QED) is 0.511. The molecule has 100 valence electrons. The van der Waals surface area contributed by atoms with Crippen LogP contribution in [0.2, 0.25) is 0 Å². The highest BCUT2D eigenvalue weighted by atomic mass is 14.2. The van der Waals surface area contributed by atoms with Crippen LogP contribution in [0.4, 0.5) is 0 Å². The Bertz CT molecular complexity index is 796. The van der Waals surface area contributed by atoms with Crippen LogP contribution in [0, 0.1) is 0 Å². The Balaban J connectivity index is 2.09. The molecule has 3 aromatic rings. The zero-order valence-electron chi connectivity index (χ0n) is 12.1. The molecule has 0 heterocycles. The van der Waals surface area contributed by atoms with Crippen molar-refractivity contribution in [2.45, 2.75) is 39.0 Å². The van der Waals surface area contributed by atoms with E-state index in [1.807, 2.05) is 0 Å². The number of aryl methyl sites for hydroxylation is 3. The molecule has 3 aromatic carbocycles. The fourth-order valence-corrected chi connectivity index (χ4v) is 3.66. The molecular formula is C20H20. The van der Waals surface area contributed by atoms with Crippen molar-refractivity contribution >= 4 is 21.5 Å². The lowest BCUT2D eigenvalue weighted by Crippen LogP contribution is -2.03. The van der Waals surface area contributed by atoms with Gasteiger partial charge in [0.1, 0.15) is 0 Å². The van der Waals surface area contributed by atoms with E-state index in [9.17, 15) is 0 Å². The fraction of sp³-hybridized carbons (Fsp3) is 0.300. The number of hydrogen-bond donors (Lipinski definition) is 0. The van der Waals surface area contributed by atoms with Crippen LogP contribution >= 0.6 is 0 Å². The molecule has 0 saturated carbocycles. The molecule has 0 nitrogen and oxygen atoms in total. The lowest BCUT2D eigenvalue weighted by molar-refractivity contribution is 0.690. The molecule has 4 rings (SSSR count). The van der Waals surface area contributed by atoms with Gasteiger partial charge in [-0.05, 0) is 70.3 Å². The lowest BCUT2D eigenvalue weighted by Gasteiger charge is -2.19. The minimum Gasteiger partial charge on any atom is -0.0613 e. The topological polar surface area (TPSA) is 0 Å². The van der Waals surface area contributed by atoms with Crippen LogP contribution in [-0.4, -0.2) is 0 Å². The van der Waals surface area contributed by atoms with Gasteiger partial charge in [-0.15, -0.1) is 0 Å². The molecule has 0 fully saturated rings. The van der Waals surface area contributed by atoms with Crippen LogP contribution in [-0.2, 0) is 19.3 Å². The van der Waals surface area contributed by atoms with Crippen molar-refractivity contribution in [1.29, 1.82) is 0 Å². The van der Waals surface area contributed by atoms with E-state index in [0.29, 0.717) is 0 Å². The molecule has 0 N–H and O–H groups in total. The molecule has 0 radical (unpaired) electrons. The Labute approximate surface area is 120 Å². The van der Waals surface area contributed by atoms with E-state index in [2.05, 4.69) is 49.4 Å². The maximum absolute atomic E-state index is 2.38. The molecule has 0 amide bonds. The molecule has 0 bridgehead atoms. The molecule has 0 spiro atoms. The Kier molecular flexibility index (Phi) is 2.77. The average molecular weight is 260 g/mol. The van der Waals surface area contributed by atoms with E-state index >= 15 is 0 Å². The Morgan fingerprint density at radius 2 is 1.60 bits per heavy atom. The van der Waals surface area contributed by atoms with Crippen LogP contribution in [0.15, 0.2) is 42.5 Å². The van der Waals surface area contributed by atoms with Gasteiger partial charge >= 0.3 is 0 Å². The summed E-state index contributed by atoms with van der Waals surface area (Å²) in [6.45, 7) is 2.23. The summed E-state index contributed by atoms with van der Waals surface area (Å²) >= 11 is 0. The monoisotopic (exact) mass is 260 g/mol. The normalized spacial score (nSPS) is 14.7. The van der Waals surface area contributed by atoms with Gasteiger partial charge < -0.3 is 0 Å². The summed E-state index contributed by atoms with van der Waals surface area (Å²) in [7, 11) is 0. The first kappa shape index (κ1) is 12.0. The summed E-state index contributed by atoms with van der Waals surface area (Å²) in [6, 6.07) is 16.3. The molecule has 1 aliphatic rings. The van der Waals surface area contributed by atoms with Gasteiger partial charge in [-0.3, -0.25) is 0 Å². The predicted octanol–water partition coefficient (Wildman–Crippen LogP) is 5.43. The second kappa shape index (κ2) is 4.63. The average Bonchev–Trinajstić information content (AvgIpc) is 2.53. The highest BCUT2D eigenvalue weighted by Gasteiger charge is 2.13. The molecule has 0 aliphatic heterocycles. The summed E-state index contributed by atoms with van der Waals surface area (Å²) in [4.78, 5) is 0. The molecule has 0 atom stereocenters. The summed E-state index contributed by atoms with van der Waals surface area (Å²) in [6.07, 6.45) is 6.33. The van der Waals surface area contributed by atoms with Crippen molar-refractivity contribution in [3.8, 4) is 0 Å². The first-order valence-corrected chi connectivity index (χ1v) is 7.83. The summed E-state index contributed by atoms with van der Waals surface area (Å²) in [5, 5.41) is 5.72. The highest BCUT2D eigenvalue weighted by Crippen LogP contribution is 2.33. The SMILES string of the molecule is CCc1ccc2ccc3c4c(ccc3c2c1)CCCC4. The Morgan fingerprint density at radius 1 is 0.800 bits per heavy atom. The van der Waals surface area contributed by atoms with E-state index in [1.165, 1.54) is 52.8 Å². The van der Waals surface area contributed by atoms with Gasteiger partial charge in [-0.2, -0.15) is 0 Å². The first-order chi connectivity index (χ1) is 9.86. The summed E-state index contributed by atoms with van der Waals surface area (Å²) in [5.41, 5.74) is 4.62. The molecule has 0 heteroatoms. The molecule has 0 aromatic heterocycles. The number of benzene rings is 3. The largest absolute Gasteiger partial charge is 0.0613 e. The maximum Gasteiger partial charge on any atom is -0.0102 e. The van der Waals surface area contributed by atoms with Gasteiger partial charge in [0, 0.05) is 0 Å². The van der Waals surface area contributed by atoms with Crippen molar-refractivity contribution < 1.29 is 0 Å². The smallest absolute Gasteiger partial charge is 0.0102 e. The second-order valence-corrected chi connectivity index (χ2v) is 5.98. The third-order valence-electron chi connectivity index (χ3n) is 4.82. The third kappa shape index (κ3) is 1.75. The predicted molar refractivity (Wildman–Crippen MR) is 87.5 cm³/mol. The Hall–Kier alpha value is -1.82. The van der Waals surface area contributed by atoms with Crippen LogP contribution in [0.3, 0.4) is 0 Å². The third-order valence-corrected chi connectivity index (χ3v) is 4.82. The lowest BCUT2D eigenvalue weighted by atomic mass is 9.86. The molecule has 0 unspecified atom stereocenters. The fourth-order valence-electron chi connectivity index (χ4n) is 3.66. The van der Waals surface area contributed by atoms with E-state index in [0.717, 1.165) is 6.42 Å². The van der Waals surface area contributed by atoms with Gasteiger partial charge in [0.15, 0.2) is 0 Å². The van der Waals surface area contributed by atoms with Crippen molar-refractivity contribution in [2.24, 2.45) is 0 Å². The summed E-state index contributed by atoms with van der Waals surface area (Å²) in [5.74, 6) is 0. The van der Waals surface area contributed by atoms with Crippen molar-refractivity contribution in [3.63, 3.8) is 0 Å². The second-order valence-electron chi connectivity index (χ2n) is 5.98. The van der Waals surface area contributed by atoms with Gasteiger partial charge in [0.05, 0.1) is 0 Å². The standard InChI is InChI=1S/C20H20/c1-2-14-7-8-16-10-11-18-17-6-4-3-5-15(17)9-12-19(18)20(16)13-14/h7-13H,2-6H2,1H3. The maximum atomic E-state index is 2.38. The molecule has 20 heavy (non-hydrogen) atoms.